The molecule has 42 heavy (non-hydrogen) atoms. The molecule has 1 aromatic heterocycles. The number of benzene rings is 3. The van der Waals surface area contributed by atoms with Crippen LogP contribution in [0.15, 0.2) is 102 Å². The molecule has 0 spiro atoms. The van der Waals surface area contributed by atoms with Gasteiger partial charge in [-0.2, -0.15) is 5.10 Å². The van der Waals surface area contributed by atoms with E-state index >= 15 is 0 Å². The Labute approximate surface area is 245 Å². The molecule has 212 valence electrons. The largest absolute Gasteiger partial charge is 0.351 e. The molecule has 1 saturated heterocycles. The first kappa shape index (κ1) is 27.4. The maximum Gasteiger partial charge on any atom is 0.251 e. The molecular weight excluding hydrogens is 524 g/mol. The number of allylic oxidation sites excluding steroid dienone is 3. The molecule has 2 aliphatic rings. The molecule has 4 aromatic rings. The van der Waals surface area contributed by atoms with E-state index in [1.165, 1.54) is 0 Å². The summed E-state index contributed by atoms with van der Waals surface area (Å²) >= 11 is 0. The number of aromatic nitrogens is 2. The molecule has 8 nitrogen and oxygen atoms in total. The standard InChI is InChI=1S/C34H34N6O2/c41-33(27-13-15-30-29(20-27)32(39-38-30)26-12-7-18-35-19-17-26)37-28-14-16-31(34(42)36-21-24-8-3-1-4-9-24)40(23-28)22-25-10-5-2-6-11-25/h1-11,13,15,17-20,28,31H,12,14,16,21-23H2,(H,36,42)(H,37,41)(H,38,39). The summed E-state index contributed by atoms with van der Waals surface area (Å²) in [6.07, 6.45) is 9.58. The van der Waals surface area contributed by atoms with E-state index in [0.717, 1.165) is 46.1 Å². The van der Waals surface area contributed by atoms with Crippen LogP contribution in [0.2, 0.25) is 0 Å². The monoisotopic (exact) mass is 558 g/mol. The predicted molar refractivity (Wildman–Crippen MR) is 166 cm³/mol. The molecule has 0 bridgehead atoms. The first-order valence-corrected chi connectivity index (χ1v) is 14.4. The van der Waals surface area contributed by atoms with Crippen molar-refractivity contribution in [2.45, 2.75) is 44.4 Å². The summed E-state index contributed by atoms with van der Waals surface area (Å²) in [4.78, 5) is 33.2. The Kier molecular flexibility index (Phi) is 8.33. The zero-order valence-electron chi connectivity index (χ0n) is 23.4. The van der Waals surface area contributed by atoms with E-state index in [-0.39, 0.29) is 23.9 Å². The molecule has 2 atom stereocenters. The lowest BCUT2D eigenvalue weighted by atomic mass is 9.96. The topological polar surface area (TPSA) is 102 Å². The lowest BCUT2D eigenvalue weighted by Gasteiger charge is -2.39. The molecule has 1 fully saturated rings. The highest BCUT2D eigenvalue weighted by Gasteiger charge is 2.33. The van der Waals surface area contributed by atoms with Gasteiger partial charge in [0.05, 0.1) is 17.3 Å². The second-order valence-electron chi connectivity index (χ2n) is 10.8. The van der Waals surface area contributed by atoms with Crippen LogP contribution in [0.5, 0.6) is 0 Å². The summed E-state index contributed by atoms with van der Waals surface area (Å²) in [6.45, 7) is 1.71. The summed E-state index contributed by atoms with van der Waals surface area (Å²) in [5, 5.41) is 14.9. The van der Waals surface area contributed by atoms with Gasteiger partial charge in [-0.3, -0.25) is 24.6 Å². The highest BCUT2D eigenvalue weighted by Crippen LogP contribution is 2.27. The molecular formula is C34H34N6O2. The molecule has 2 aliphatic heterocycles. The van der Waals surface area contributed by atoms with Crippen molar-refractivity contribution in [1.29, 1.82) is 0 Å². The minimum Gasteiger partial charge on any atom is -0.351 e. The molecule has 0 aliphatic carbocycles. The van der Waals surface area contributed by atoms with Crippen LogP contribution in [0.4, 0.5) is 0 Å². The van der Waals surface area contributed by atoms with Crippen molar-refractivity contribution in [3.05, 3.63) is 120 Å². The van der Waals surface area contributed by atoms with Crippen LogP contribution in [0.1, 0.15) is 46.4 Å². The van der Waals surface area contributed by atoms with Crippen molar-refractivity contribution in [1.82, 2.24) is 25.7 Å². The summed E-state index contributed by atoms with van der Waals surface area (Å²) in [6, 6.07) is 25.4. The number of likely N-dealkylation sites (tertiary alicyclic amines) is 1. The number of rotatable bonds is 8. The molecule has 2 unspecified atom stereocenters. The number of amides is 2. The molecule has 6 rings (SSSR count). The van der Waals surface area contributed by atoms with Crippen LogP contribution >= 0.6 is 0 Å². The van der Waals surface area contributed by atoms with Gasteiger partial charge in [0.1, 0.15) is 0 Å². The molecule has 2 amide bonds. The van der Waals surface area contributed by atoms with Gasteiger partial charge in [0, 0.05) is 49.0 Å². The fraction of sp³-hybridized carbons (Fsp3) is 0.235. The summed E-state index contributed by atoms with van der Waals surface area (Å²) in [5.41, 5.74) is 5.53. The number of aliphatic imine (C=N–C) groups is 1. The maximum atomic E-state index is 13.5. The van der Waals surface area contributed by atoms with Gasteiger partial charge in [-0.1, -0.05) is 66.7 Å². The summed E-state index contributed by atoms with van der Waals surface area (Å²) in [5.74, 6) is -0.109. The van der Waals surface area contributed by atoms with Gasteiger partial charge in [-0.05, 0) is 60.2 Å². The maximum absolute atomic E-state index is 13.5. The number of carbonyl (C=O) groups is 2. The average Bonchev–Trinajstić information content (AvgIpc) is 3.26. The Hall–Kier alpha value is -4.82. The minimum atomic E-state index is -0.266. The van der Waals surface area contributed by atoms with E-state index in [2.05, 4.69) is 42.9 Å². The Bertz CT molecular complexity index is 1640. The zero-order chi connectivity index (χ0) is 28.7. The third-order valence-corrected chi connectivity index (χ3v) is 7.88. The fourth-order valence-corrected chi connectivity index (χ4v) is 5.69. The molecule has 3 heterocycles. The van der Waals surface area contributed by atoms with E-state index in [9.17, 15) is 9.59 Å². The number of H-pyrrole nitrogens is 1. The van der Waals surface area contributed by atoms with Gasteiger partial charge in [0.25, 0.3) is 5.91 Å². The normalized spacial score (nSPS) is 18.8. The van der Waals surface area contributed by atoms with E-state index in [0.29, 0.717) is 31.6 Å². The van der Waals surface area contributed by atoms with Gasteiger partial charge in [-0.25, -0.2) is 0 Å². The van der Waals surface area contributed by atoms with Crippen LogP contribution in [-0.2, 0) is 17.9 Å². The number of aromatic amines is 1. The van der Waals surface area contributed by atoms with Crippen molar-refractivity contribution in [2.75, 3.05) is 6.54 Å². The predicted octanol–water partition coefficient (Wildman–Crippen LogP) is 5.01. The number of hydrogen-bond donors (Lipinski definition) is 3. The van der Waals surface area contributed by atoms with Crippen molar-refractivity contribution in [2.24, 2.45) is 4.99 Å². The van der Waals surface area contributed by atoms with Crippen molar-refractivity contribution < 1.29 is 9.59 Å². The third-order valence-electron chi connectivity index (χ3n) is 7.88. The third kappa shape index (κ3) is 6.39. The van der Waals surface area contributed by atoms with Crippen LogP contribution in [0.25, 0.3) is 16.5 Å². The highest BCUT2D eigenvalue weighted by atomic mass is 16.2. The van der Waals surface area contributed by atoms with Gasteiger partial charge >= 0.3 is 0 Å². The Morgan fingerprint density at radius 3 is 2.55 bits per heavy atom. The van der Waals surface area contributed by atoms with Crippen molar-refractivity contribution in [3.63, 3.8) is 0 Å². The Balaban J connectivity index is 1.16. The number of hydrogen-bond acceptors (Lipinski definition) is 5. The Morgan fingerprint density at radius 1 is 0.952 bits per heavy atom. The van der Waals surface area contributed by atoms with Crippen LogP contribution in [0.3, 0.4) is 0 Å². The van der Waals surface area contributed by atoms with E-state index < -0.39 is 0 Å². The fourth-order valence-electron chi connectivity index (χ4n) is 5.69. The highest BCUT2D eigenvalue weighted by molar-refractivity contribution is 6.01. The van der Waals surface area contributed by atoms with Gasteiger partial charge in [0.15, 0.2) is 0 Å². The van der Waals surface area contributed by atoms with Crippen molar-refractivity contribution >= 4 is 34.5 Å². The molecule has 8 heteroatoms. The first-order chi connectivity index (χ1) is 20.6. The second kappa shape index (κ2) is 12.8. The zero-order valence-corrected chi connectivity index (χ0v) is 23.4. The number of nitrogens with one attached hydrogen (secondary N) is 3. The smallest absolute Gasteiger partial charge is 0.251 e. The lowest BCUT2D eigenvalue weighted by molar-refractivity contribution is -0.128. The van der Waals surface area contributed by atoms with Crippen molar-refractivity contribution in [3.8, 4) is 0 Å². The van der Waals surface area contributed by atoms with Gasteiger partial charge < -0.3 is 10.6 Å². The lowest BCUT2D eigenvalue weighted by Crippen LogP contribution is -2.56. The van der Waals surface area contributed by atoms with Crippen LogP contribution in [-0.4, -0.2) is 51.8 Å². The molecule has 0 radical (unpaired) electrons. The van der Waals surface area contributed by atoms with E-state index in [1.54, 1.807) is 12.4 Å². The van der Waals surface area contributed by atoms with E-state index in [4.69, 9.17) is 0 Å². The van der Waals surface area contributed by atoms with Gasteiger partial charge in [-0.15, -0.1) is 0 Å². The Morgan fingerprint density at radius 2 is 1.74 bits per heavy atom. The number of carbonyl (C=O) groups excluding carboxylic acids is 2. The molecule has 0 saturated carbocycles. The molecule has 3 aromatic carbocycles. The average molecular weight is 559 g/mol. The first-order valence-electron chi connectivity index (χ1n) is 14.4. The minimum absolute atomic E-state index is 0.0187. The number of fused-ring (bicyclic) bond motifs is 1. The molecule has 3 N–H and O–H groups in total. The van der Waals surface area contributed by atoms with Crippen LogP contribution in [0, 0.1) is 0 Å². The van der Waals surface area contributed by atoms with E-state index in [1.807, 2.05) is 78.9 Å². The number of nitrogens with zero attached hydrogens (tertiary/aromatic N) is 3. The number of piperidine rings is 1. The summed E-state index contributed by atoms with van der Waals surface area (Å²) in [7, 11) is 0. The SMILES string of the molecule is O=C(NC1CCC(C(=O)NCc2ccccc2)N(Cc2ccccc2)C1)c1ccc2[nH]nc(C3=CC=NC=CC3)c2c1. The van der Waals surface area contributed by atoms with Gasteiger partial charge in [0.2, 0.25) is 5.91 Å². The summed E-state index contributed by atoms with van der Waals surface area (Å²) < 4.78 is 0. The van der Waals surface area contributed by atoms with Crippen LogP contribution < -0.4 is 10.6 Å². The quantitative estimate of drug-likeness (QED) is 0.283. The second-order valence-corrected chi connectivity index (χ2v) is 10.8.